The molecule has 4 aromatic rings. The number of halogens is 1. The summed E-state index contributed by atoms with van der Waals surface area (Å²) in [5.41, 5.74) is 3.71. The van der Waals surface area contributed by atoms with Crippen LogP contribution in [-0.4, -0.2) is 45.7 Å². The van der Waals surface area contributed by atoms with Crippen molar-refractivity contribution in [2.45, 2.75) is 19.5 Å². The second kappa shape index (κ2) is 10.3. The minimum Gasteiger partial charge on any atom is -0.507 e. The Labute approximate surface area is 209 Å². The summed E-state index contributed by atoms with van der Waals surface area (Å²) >= 11 is 0. The number of hydrogen-bond acceptors (Lipinski definition) is 5. The summed E-state index contributed by atoms with van der Waals surface area (Å²) in [4.78, 5) is 22.6. The average molecular weight is 485 g/mol. The summed E-state index contributed by atoms with van der Waals surface area (Å²) in [6, 6.07) is 21.4. The molecule has 1 fully saturated rings. The zero-order valence-corrected chi connectivity index (χ0v) is 20.2. The Kier molecular flexibility index (Phi) is 6.82. The number of aromatic hydroxyl groups is 1. The molecule has 6 nitrogen and oxygen atoms in total. The summed E-state index contributed by atoms with van der Waals surface area (Å²) in [5.74, 6) is -0.257. The molecule has 0 amide bonds. The molecule has 1 aliphatic rings. The molecule has 1 aliphatic heterocycles. The van der Waals surface area contributed by atoms with Crippen molar-refractivity contribution >= 4 is 5.69 Å². The molecule has 3 heterocycles. The van der Waals surface area contributed by atoms with Crippen molar-refractivity contribution in [3.8, 4) is 5.75 Å². The number of rotatable bonds is 6. The monoisotopic (exact) mass is 484 g/mol. The number of pyridine rings is 2. The lowest BCUT2D eigenvalue weighted by molar-refractivity contribution is 0.207. The first kappa shape index (κ1) is 23.8. The van der Waals surface area contributed by atoms with Crippen LogP contribution in [0, 0.1) is 12.7 Å². The minimum absolute atomic E-state index is 0.00312. The smallest absolute Gasteiger partial charge is 0.259 e. The second-order valence-corrected chi connectivity index (χ2v) is 9.15. The van der Waals surface area contributed by atoms with Crippen LogP contribution in [0.25, 0.3) is 0 Å². The standard InChI is InChI=1S/C29H29FN4O2/c1-21-18-26(35)27(29(36)34(21)20-22-6-3-2-4-7-22)28(23-8-5-13-31-19-23)33-16-14-32(15-17-33)25-11-9-24(30)10-12-25/h2-13,18-19,28,35H,14-17,20H2,1H3. The quantitative estimate of drug-likeness (QED) is 0.441. The van der Waals surface area contributed by atoms with E-state index in [1.54, 1.807) is 35.2 Å². The molecule has 1 atom stereocenters. The molecule has 36 heavy (non-hydrogen) atoms. The average Bonchev–Trinajstić information content (AvgIpc) is 2.91. The zero-order valence-electron chi connectivity index (χ0n) is 20.2. The van der Waals surface area contributed by atoms with Crippen molar-refractivity contribution in [1.29, 1.82) is 0 Å². The van der Waals surface area contributed by atoms with Gasteiger partial charge >= 0.3 is 0 Å². The Morgan fingerprint density at radius 3 is 2.36 bits per heavy atom. The third-order valence-corrected chi connectivity index (χ3v) is 6.85. The Morgan fingerprint density at radius 1 is 0.972 bits per heavy atom. The lowest BCUT2D eigenvalue weighted by Crippen LogP contribution is -2.49. The Bertz CT molecular complexity index is 1370. The summed E-state index contributed by atoms with van der Waals surface area (Å²) in [5, 5.41) is 11.1. The SMILES string of the molecule is Cc1cc(O)c(C(c2cccnc2)N2CCN(c3ccc(F)cc3)CC2)c(=O)n1Cc1ccccc1. The van der Waals surface area contributed by atoms with E-state index in [0.29, 0.717) is 44.0 Å². The van der Waals surface area contributed by atoms with Crippen LogP contribution >= 0.6 is 0 Å². The van der Waals surface area contributed by atoms with Gasteiger partial charge in [-0.15, -0.1) is 0 Å². The molecule has 1 N–H and O–H groups in total. The molecular formula is C29H29FN4O2. The van der Waals surface area contributed by atoms with Gasteiger partial charge in [0.15, 0.2) is 0 Å². The number of hydrogen-bond donors (Lipinski definition) is 1. The number of aromatic nitrogens is 2. The summed E-state index contributed by atoms with van der Waals surface area (Å²) < 4.78 is 15.1. The van der Waals surface area contributed by atoms with Gasteiger partial charge in [0.05, 0.1) is 18.2 Å². The molecule has 0 radical (unpaired) electrons. The summed E-state index contributed by atoms with van der Waals surface area (Å²) in [6.07, 6.45) is 3.47. The topological polar surface area (TPSA) is 61.6 Å². The number of benzene rings is 2. The molecule has 184 valence electrons. The van der Waals surface area contributed by atoms with E-state index in [1.807, 2.05) is 49.4 Å². The first-order valence-electron chi connectivity index (χ1n) is 12.1. The van der Waals surface area contributed by atoms with Gasteiger partial charge in [0, 0.05) is 50.0 Å². The van der Waals surface area contributed by atoms with Crippen LogP contribution in [0.2, 0.25) is 0 Å². The van der Waals surface area contributed by atoms with Crippen molar-refractivity contribution in [3.63, 3.8) is 0 Å². The molecule has 2 aromatic carbocycles. The summed E-state index contributed by atoms with van der Waals surface area (Å²) in [7, 11) is 0. The summed E-state index contributed by atoms with van der Waals surface area (Å²) in [6.45, 7) is 5.04. The highest BCUT2D eigenvalue weighted by Crippen LogP contribution is 2.33. The van der Waals surface area contributed by atoms with Crippen LogP contribution < -0.4 is 10.5 Å². The third-order valence-electron chi connectivity index (χ3n) is 6.85. The van der Waals surface area contributed by atoms with E-state index in [0.717, 1.165) is 16.8 Å². The number of piperazine rings is 1. The molecule has 1 unspecified atom stereocenters. The predicted molar refractivity (Wildman–Crippen MR) is 139 cm³/mol. The maximum absolute atomic E-state index is 13.9. The maximum atomic E-state index is 13.9. The third kappa shape index (κ3) is 4.88. The maximum Gasteiger partial charge on any atom is 0.259 e. The van der Waals surface area contributed by atoms with E-state index in [2.05, 4.69) is 14.8 Å². The molecule has 0 spiro atoms. The Hall–Kier alpha value is -3.97. The van der Waals surface area contributed by atoms with Crippen LogP contribution in [0.5, 0.6) is 5.75 Å². The molecule has 0 saturated carbocycles. The normalized spacial score (nSPS) is 15.1. The second-order valence-electron chi connectivity index (χ2n) is 9.15. The first-order valence-corrected chi connectivity index (χ1v) is 12.1. The van der Waals surface area contributed by atoms with E-state index in [1.165, 1.54) is 12.1 Å². The van der Waals surface area contributed by atoms with E-state index in [4.69, 9.17) is 0 Å². The van der Waals surface area contributed by atoms with Gasteiger partial charge in [-0.3, -0.25) is 14.7 Å². The van der Waals surface area contributed by atoms with E-state index in [-0.39, 0.29) is 17.1 Å². The highest BCUT2D eigenvalue weighted by molar-refractivity contribution is 5.47. The van der Waals surface area contributed by atoms with Gasteiger partial charge in [0.2, 0.25) is 0 Å². The molecule has 0 bridgehead atoms. The van der Waals surface area contributed by atoms with Gasteiger partial charge in [-0.2, -0.15) is 0 Å². The molecular weight excluding hydrogens is 455 g/mol. The van der Waals surface area contributed by atoms with Crippen molar-refractivity contribution in [3.05, 3.63) is 124 Å². The lowest BCUT2D eigenvalue weighted by atomic mass is 9.97. The van der Waals surface area contributed by atoms with E-state index < -0.39 is 6.04 Å². The Balaban J connectivity index is 1.50. The van der Waals surface area contributed by atoms with Gasteiger partial charge in [-0.05, 0) is 54.4 Å². The Morgan fingerprint density at radius 2 is 1.69 bits per heavy atom. The molecule has 5 rings (SSSR count). The van der Waals surface area contributed by atoms with Crippen molar-refractivity contribution in [2.24, 2.45) is 0 Å². The molecule has 2 aromatic heterocycles. The largest absolute Gasteiger partial charge is 0.507 e. The molecule has 7 heteroatoms. The fourth-order valence-corrected chi connectivity index (χ4v) is 4.98. The highest BCUT2D eigenvalue weighted by atomic mass is 19.1. The first-order chi connectivity index (χ1) is 17.5. The zero-order chi connectivity index (χ0) is 25.1. The number of nitrogens with zero attached hydrogens (tertiary/aromatic N) is 4. The van der Waals surface area contributed by atoms with Crippen LogP contribution in [0.15, 0.2) is 90.0 Å². The van der Waals surface area contributed by atoms with Crippen LogP contribution in [0.4, 0.5) is 10.1 Å². The van der Waals surface area contributed by atoms with Crippen LogP contribution in [-0.2, 0) is 6.54 Å². The van der Waals surface area contributed by atoms with Crippen molar-refractivity contribution in [1.82, 2.24) is 14.5 Å². The van der Waals surface area contributed by atoms with Gasteiger partial charge in [-0.1, -0.05) is 36.4 Å². The van der Waals surface area contributed by atoms with Gasteiger partial charge in [0.25, 0.3) is 5.56 Å². The van der Waals surface area contributed by atoms with Gasteiger partial charge in [0.1, 0.15) is 11.6 Å². The van der Waals surface area contributed by atoms with Gasteiger partial charge in [-0.25, -0.2) is 4.39 Å². The van der Waals surface area contributed by atoms with E-state index in [9.17, 15) is 14.3 Å². The van der Waals surface area contributed by atoms with Crippen molar-refractivity contribution in [2.75, 3.05) is 31.1 Å². The highest BCUT2D eigenvalue weighted by Gasteiger charge is 2.31. The lowest BCUT2D eigenvalue weighted by Gasteiger charge is -2.40. The van der Waals surface area contributed by atoms with Crippen LogP contribution in [0.3, 0.4) is 0 Å². The van der Waals surface area contributed by atoms with Crippen LogP contribution in [0.1, 0.15) is 28.4 Å². The minimum atomic E-state index is -0.441. The fraction of sp³-hybridized carbons (Fsp3) is 0.241. The predicted octanol–water partition coefficient (Wildman–Crippen LogP) is 4.36. The van der Waals surface area contributed by atoms with Gasteiger partial charge < -0.3 is 14.6 Å². The molecule has 0 aliphatic carbocycles. The van der Waals surface area contributed by atoms with E-state index >= 15 is 0 Å². The fourth-order valence-electron chi connectivity index (χ4n) is 4.98. The number of aryl methyl sites for hydroxylation is 1. The van der Waals surface area contributed by atoms with Crippen molar-refractivity contribution < 1.29 is 9.50 Å². The molecule has 1 saturated heterocycles. The number of anilines is 1.